The third-order valence-corrected chi connectivity index (χ3v) is 5.73. The van der Waals surface area contributed by atoms with Crippen molar-refractivity contribution >= 4 is 29.9 Å². The Hall–Kier alpha value is -2.04. The zero-order chi connectivity index (χ0) is 22.9. The van der Waals surface area contributed by atoms with Gasteiger partial charge in [0.05, 0.1) is 26.9 Å². The van der Waals surface area contributed by atoms with Crippen LogP contribution in [0.1, 0.15) is 23.6 Å². The lowest BCUT2D eigenvalue weighted by atomic mass is 10.00. The number of methoxy groups -OCH3 is 2. The van der Waals surface area contributed by atoms with Gasteiger partial charge in [0.15, 0.2) is 5.96 Å². The molecule has 0 spiro atoms. The summed E-state index contributed by atoms with van der Waals surface area (Å²) in [4.78, 5) is 9.04. The third kappa shape index (κ3) is 7.75. The first kappa shape index (κ1) is 27.2. The van der Waals surface area contributed by atoms with Gasteiger partial charge in [-0.15, -0.1) is 24.0 Å². The molecule has 1 heterocycles. The second kappa shape index (κ2) is 13.6. The molecule has 0 fully saturated rings. The van der Waals surface area contributed by atoms with Crippen molar-refractivity contribution in [1.82, 2.24) is 15.1 Å². The number of guanidine groups is 1. The van der Waals surface area contributed by atoms with Gasteiger partial charge < -0.3 is 24.8 Å². The van der Waals surface area contributed by atoms with Crippen molar-refractivity contribution in [1.29, 1.82) is 0 Å². The van der Waals surface area contributed by atoms with Crippen LogP contribution in [-0.2, 0) is 19.5 Å². The van der Waals surface area contributed by atoms with Crippen molar-refractivity contribution in [3.63, 3.8) is 0 Å². The quantitative estimate of drug-likeness (QED) is 0.275. The molecule has 1 aliphatic rings. The third-order valence-electron chi connectivity index (χ3n) is 5.73. The minimum absolute atomic E-state index is 0. The van der Waals surface area contributed by atoms with E-state index < -0.39 is 6.10 Å². The summed E-state index contributed by atoms with van der Waals surface area (Å²) in [6, 6.07) is 14.4. The number of hydrogen-bond donors (Lipinski definition) is 2. The Morgan fingerprint density at radius 2 is 1.94 bits per heavy atom. The number of nitrogens with zero attached hydrogens (tertiary/aromatic N) is 3. The second-order valence-corrected chi connectivity index (χ2v) is 8.14. The molecule has 0 saturated heterocycles. The predicted octanol–water partition coefficient (Wildman–Crippen LogP) is 3.14. The predicted molar refractivity (Wildman–Crippen MR) is 144 cm³/mol. The average molecular weight is 569 g/mol. The number of aliphatic hydroxyl groups excluding tert-OH is 1. The number of aliphatic imine (C=N–C) groups is 1. The number of rotatable bonds is 9. The van der Waals surface area contributed by atoms with Crippen molar-refractivity contribution in [2.45, 2.75) is 32.5 Å². The van der Waals surface area contributed by atoms with E-state index in [2.05, 4.69) is 34.5 Å². The largest absolute Gasteiger partial charge is 0.497 e. The summed E-state index contributed by atoms with van der Waals surface area (Å²) in [5, 5.41) is 14.0. The van der Waals surface area contributed by atoms with Gasteiger partial charge in [-0.2, -0.15) is 0 Å². The minimum Gasteiger partial charge on any atom is -0.497 e. The second-order valence-electron chi connectivity index (χ2n) is 8.14. The molecule has 0 amide bonds. The summed E-state index contributed by atoms with van der Waals surface area (Å²) in [5.74, 6) is 2.29. The van der Waals surface area contributed by atoms with Gasteiger partial charge in [0.2, 0.25) is 0 Å². The van der Waals surface area contributed by atoms with E-state index >= 15 is 0 Å². The van der Waals surface area contributed by atoms with Crippen molar-refractivity contribution in [2.24, 2.45) is 4.99 Å². The maximum atomic E-state index is 10.6. The van der Waals surface area contributed by atoms with Crippen molar-refractivity contribution in [2.75, 3.05) is 47.4 Å². The van der Waals surface area contributed by atoms with Crippen LogP contribution in [0.4, 0.5) is 0 Å². The Balaban J connectivity index is 0.00000385. The average Bonchev–Trinajstić information content (AvgIpc) is 2.81. The van der Waals surface area contributed by atoms with Crippen LogP contribution in [0, 0.1) is 0 Å². The Morgan fingerprint density at radius 1 is 1.18 bits per heavy atom. The number of hydrogen-bond acceptors (Lipinski definition) is 5. The highest BCUT2D eigenvalue weighted by molar-refractivity contribution is 14.0. The molecule has 1 aliphatic heterocycles. The lowest BCUT2D eigenvalue weighted by Gasteiger charge is -2.30. The number of benzene rings is 2. The molecule has 0 aromatic heterocycles. The summed E-state index contributed by atoms with van der Waals surface area (Å²) < 4.78 is 10.8. The summed E-state index contributed by atoms with van der Waals surface area (Å²) in [6.45, 7) is 6.24. The fourth-order valence-corrected chi connectivity index (χ4v) is 4.04. The normalized spacial score (nSPS) is 14.6. The molecule has 3 rings (SSSR count). The van der Waals surface area contributed by atoms with E-state index in [1.807, 2.05) is 37.1 Å². The summed E-state index contributed by atoms with van der Waals surface area (Å²) in [7, 11) is 5.29. The van der Waals surface area contributed by atoms with E-state index in [0.29, 0.717) is 19.6 Å². The molecule has 7 nitrogen and oxygen atoms in total. The molecule has 2 N–H and O–H groups in total. The molecule has 0 aliphatic carbocycles. The first-order valence-electron chi connectivity index (χ1n) is 11.2. The van der Waals surface area contributed by atoms with E-state index in [1.165, 1.54) is 11.1 Å². The topological polar surface area (TPSA) is 69.6 Å². The summed E-state index contributed by atoms with van der Waals surface area (Å²) >= 11 is 0. The van der Waals surface area contributed by atoms with E-state index in [-0.39, 0.29) is 24.0 Å². The SMILES string of the molecule is CCNC(=NCC(O)CN1CCc2ccccc2C1)N(C)Cc1ccc(OC)cc1OC.I. The van der Waals surface area contributed by atoms with E-state index in [9.17, 15) is 5.11 Å². The van der Waals surface area contributed by atoms with Gasteiger partial charge in [0.25, 0.3) is 0 Å². The number of nitrogens with one attached hydrogen (secondary N) is 1. The fourth-order valence-electron chi connectivity index (χ4n) is 4.04. The number of aliphatic hydroxyl groups is 1. The zero-order valence-electron chi connectivity index (χ0n) is 20.1. The first-order chi connectivity index (χ1) is 15.5. The molecular formula is C25H37IN4O3. The standard InChI is InChI=1S/C25H36N4O3.HI/c1-5-26-25(28(2)16-21-10-11-23(31-3)14-24(21)32-4)27-15-22(30)18-29-13-12-19-8-6-7-9-20(19)17-29;/h6-11,14,22,30H,5,12-13,15-18H2,1-4H3,(H,26,27);1H. The van der Waals surface area contributed by atoms with Gasteiger partial charge in [0, 0.05) is 51.4 Å². The molecule has 2 aromatic rings. The summed E-state index contributed by atoms with van der Waals surface area (Å²) in [5.41, 5.74) is 3.81. The van der Waals surface area contributed by atoms with Crippen LogP contribution in [0.3, 0.4) is 0 Å². The van der Waals surface area contributed by atoms with Gasteiger partial charge >= 0.3 is 0 Å². The van der Waals surface area contributed by atoms with Gasteiger partial charge in [0.1, 0.15) is 11.5 Å². The van der Waals surface area contributed by atoms with Crippen molar-refractivity contribution in [3.8, 4) is 11.5 Å². The van der Waals surface area contributed by atoms with Crippen LogP contribution in [-0.4, -0.2) is 74.4 Å². The van der Waals surface area contributed by atoms with Crippen LogP contribution in [0.5, 0.6) is 11.5 Å². The lowest BCUT2D eigenvalue weighted by Crippen LogP contribution is -2.41. The van der Waals surface area contributed by atoms with Gasteiger partial charge in [-0.3, -0.25) is 9.89 Å². The number of halogens is 1. The Kier molecular flexibility index (Phi) is 11.2. The molecule has 182 valence electrons. The summed E-state index contributed by atoms with van der Waals surface area (Å²) in [6.07, 6.45) is 0.513. The van der Waals surface area contributed by atoms with Crippen LogP contribution in [0.2, 0.25) is 0 Å². The van der Waals surface area contributed by atoms with E-state index in [1.54, 1.807) is 14.2 Å². The highest BCUT2D eigenvalue weighted by Crippen LogP contribution is 2.25. The van der Waals surface area contributed by atoms with E-state index in [0.717, 1.165) is 49.1 Å². The number of ether oxygens (including phenoxy) is 2. The highest BCUT2D eigenvalue weighted by Gasteiger charge is 2.19. The molecular weight excluding hydrogens is 531 g/mol. The van der Waals surface area contributed by atoms with Crippen LogP contribution in [0.15, 0.2) is 47.5 Å². The number of fused-ring (bicyclic) bond motifs is 1. The monoisotopic (exact) mass is 568 g/mol. The van der Waals surface area contributed by atoms with Crippen molar-refractivity contribution < 1.29 is 14.6 Å². The molecule has 1 unspecified atom stereocenters. The Morgan fingerprint density at radius 3 is 2.64 bits per heavy atom. The van der Waals surface area contributed by atoms with Crippen LogP contribution >= 0.6 is 24.0 Å². The molecule has 0 saturated carbocycles. The molecule has 8 heteroatoms. The van der Waals surface area contributed by atoms with Crippen LogP contribution < -0.4 is 14.8 Å². The minimum atomic E-state index is -0.516. The highest BCUT2D eigenvalue weighted by atomic mass is 127. The fraction of sp³-hybridized carbons (Fsp3) is 0.480. The zero-order valence-corrected chi connectivity index (χ0v) is 22.4. The molecule has 1 atom stereocenters. The van der Waals surface area contributed by atoms with Crippen molar-refractivity contribution in [3.05, 3.63) is 59.2 Å². The van der Waals surface area contributed by atoms with Gasteiger partial charge in [-0.25, -0.2) is 0 Å². The molecule has 0 bridgehead atoms. The lowest BCUT2D eigenvalue weighted by molar-refractivity contribution is 0.111. The van der Waals surface area contributed by atoms with E-state index in [4.69, 9.17) is 14.5 Å². The Labute approximate surface area is 214 Å². The molecule has 2 aromatic carbocycles. The first-order valence-corrected chi connectivity index (χ1v) is 11.2. The maximum absolute atomic E-state index is 10.6. The smallest absolute Gasteiger partial charge is 0.194 e. The van der Waals surface area contributed by atoms with Gasteiger partial charge in [-0.1, -0.05) is 24.3 Å². The van der Waals surface area contributed by atoms with Gasteiger partial charge in [-0.05, 0) is 36.6 Å². The van der Waals surface area contributed by atoms with Crippen LogP contribution in [0.25, 0.3) is 0 Å². The Bertz CT molecular complexity index is 909. The molecule has 0 radical (unpaired) electrons. The maximum Gasteiger partial charge on any atom is 0.194 e. The molecule has 33 heavy (non-hydrogen) atoms. The number of β-amino-alcohol motifs (C(OH)–C–C–N with tert-alkyl or cyclic N) is 1.